The second-order valence-corrected chi connectivity index (χ2v) is 7.45. The predicted molar refractivity (Wildman–Crippen MR) is 112 cm³/mol. The van der Waals surface area contributed by atoms with E-state index in [4.69, 9.17) is 9.47 Å². The molecule has 1 aromatic heterocycles. The van der Waals surface area contributed by atoms with Gasteiger partial charge in [0.25, 0.3) is 5.56 Å². The van der Waals surface area contributed by atoms with Crippen molar-refractivity contribution in [3.63, 3.8) is 0 Å². The SMILES string of the molecule is COC(=O)c1ccc2c(=O)n(C[C@H](C)O)c(SCCOc3ccccc3)nc2c1. The number of thioether (sulfide) groups is 1. The first kappa shape index (κ1) is 20.9. The molecule has 0 aliphatic heterocycles. The number of hydrogen-bond donors (Lipinski definition) is 1. The van der Waals surface area contributed by atoms with Crippen LogP contribution in [-0.4, -0.2) is 46.2 Å². The Hall–Kier alpha value is -2.84. The minimum atomic E-state index is -0.707. The van der Waals surface area contributed by atoms with Crippen LogP contribution in [0.3, 0.4) is 0 Å². The maximum atomic E-state index is 12.9. The lowest BCUT2D eigenvalue weighted by Gasteiger charge is -2.15. The average molecular weight is 414 g/mol. The summed E-state index contributed by atoms with van der Waals surface area (Å²) < 4.78 is 11.9. The third-order valence-corrected chi connectivity index (χ3v) is 5.06. The molecule has 3 rings (SSSR count). The minimum Gasteiger partial charge on any atom is -0.493 e. The lowest BCUT2D eigenvalue weighted by molar-refractivity contribution is 0.0601. The molecule has 1 atom stereocenters. The number of aromatic nitrogens is 2. The second-order valence-electron chi connectivity index (χ2n) is 6.39. The van der Waals surface area contributed by atoms with Gasteiger partial charge in [-0.1, -0.05) is 30.0 Å². The summed E-state index contributed by atoms with van der Waals surface area (Å²) in [6, 6.07) is 14.1. The molecule has 2 aromatic carbocycles. The molecular weight excluding hydrogens is 392 g/mol. The zero-order chi connectivity index (χ0) is 20.8. The number of esters is 1. The van der Waals surface area contributed by atoms with Gasteiger partial charge < -0.3 is 14.6 Å². The zero-order valence-electron chi connectivity index (χ0n) is 16.2. The molecule has 0 amide bonds. The Kier molecular flexibility index (Phi) is 6.90. The minimum absolute atomic E-state index is 0.127. The first-order valence-corrected chi connectivity index (χ1v) is 10.1. The highest BCUT2D eigenvalue weighted by Crippen LogP contribution is 2.20. The fraction of sp³-hybridized carbons (Fsp3) is 0.286. The number of rotatable bonds is 8. The fourth-order valence-corrected chi connectivity index (χ4v) is 3.62. The Bertz CT molecular complexity index is 1050. The van der Waals surface area contributed by atoms with E-state index in [1.165, 1.54) is 29.5 Å². The predicted octanol–water partition coefficient (Wildman–Crippen LogP) is 2.74. The Morgan fingerprint density at radius 1 is 1.24 bits per heavy atom. The summed E-state index contributed by atoms with van der Waals surface area (Å²) in [5.41, 5.74) is 0.466. The monoisotopic (exact) mass is 414 g/mol. The van der Waals surface area contributed by atoms with Crippen LogP contribution in [0.1, 0.15) is 17.3 Å². The van der Waals surface area contributed by atoms with Crippen molar-refractivity contribution >= 4 is 28.6 Å². The summed E-state index contributed by atoms with van der Waals surface area (Å²) in [6.45, 7) is 2.17. The van der Waals surface area contributed by atoms with Crippen LogP contribution in [0.2, 0.25) is 0 Å². The van der Waals surface area contributed by atoms with Crippen molar-refractivity contribution in [2.75, 3.05) is 19.5 Å². The van der Waals surface area contributed by atoms with Gasteiger partial charge in [-0.3, -0.25) is 9.36 Å². The standard InChI is InChI=1S/C21H22N2O5S/c1-14(24)13-23-19(25)17-9-8-15(20(26)27-2)12-18(17)22-21(23)29-11-10-28-16-6-4-3-5-7-16/h3-9,12,14,24H,10-11,13H2,1-2H3/t14-/m0/s1. The van der Waals surface area contributed by atoms with Crippen molar-refractivity contribution in [2.45, 2.75) is 24.7 Å². The van der Waals surface area contributed by atoms with Crippen LogP contribution >= 0.6 is 11.8 Å². The molecule has 29 heavy (non-hydrogen) atoms. The van der Waals surface area contributed by atoms with Gasteiger partial charge >= 0.3 is 5.97 Å². The average Bonchev–Trinajstić information content (AvgIpc) is 2.73. The van der Waals surface area contributed by atoms with Gasteiger partial charge in [0.2, 0.25) is 0 Å². The third-order valence-electron chi connectivity index (χ3n) is 4.11. The molecule has 0 unspecified atom stereocenters. The van der Waals surface area contributed by atoms with E-state index < -0.39 is 12.1 Å². The lowest BCUT2D eigenvalue weighted by Crippen LogP contribution is -2.28. The highest BCUT2D eigenvalue weighted by molar-refractivity contribution is 7.99. The van der Waals surface area contributed by atoms with Crippen LogP contribution in [0.15, 0.2) is 58.5 Å². The molecule has 7 nitrogen and oxygen atoms in total. The molecule has 0 aliphatic carbocycles. The van der Waals surface area contributed by atoms with Crippen LogP contribution < -0.4 is 10.3 Å². The smallest absolute Gasteiger partial charge is 0.337 e. The molecular formula is C21H22N2O5S. The maximum Gasteiger partial charge on any atom is 0.337 e. The molecule has 0 bridgehead atoms. The van der Waals surface area contributed by atoms with Crippen molar-refractivity contribution in [2.24, 2.45) is 0 Å². The molecule has 3 aromatic rings. The van der Waals surface area contributed by atoms with Gasteiger partial charge in [0, 0.05) is 5.75 Å². The highest BCUT2D eigenvalue weighted by Gasteiger charge is 2.15. The van der Waals surface area contributed by atoms with E-state index >= 15 is 0 Å². The first-order valence-electron chi connectivity index (χ1n) is 9.11. The van der Waals surface area contributed by atoms with Crippen LogP contribution in [-0.2, 0) is 11.3 Å². The third kappa shape index (κ3) is 5.16. The number of carbonyl (C=O) groups is 1. The van der Waals surface area contributed by atoms with E-state index in [9.17, 15) is 14.7 Å². The van der Waals surface area contributed by atoms with E-state index in [0.717, 1.165) is 5.75 Å². The maximum absolute atomic E-state index is 12.9. The summed E-state index contributed by atoms with van der Waals surface area (Å²) in [4.78, 5) is 29.3. The fourth-order valence-electron chi connectivity index (χ4n) is 2.79. The highest BCUT2D eigenvalue weighted by atomic mass is 32.2. The van der Waals surface area contributed by atoms with E-state index in [1.54, 1.807) is 19.1 Å². The van der Waals surface area contributed by atoms with Crippen molar-refractivity contribution in [3.05, 3.63) is 64.4 Å². The summed E-state index contributed by atoms with van der Waals surface area (Å²) in [7, 11) is 1.30. The van der Waals surface area contributed by atoms with E-state index in [0.29, 0.717) is 34.0 Å². The topological polar surface area (TPSA) is 90.7 Å². The zero-order valence-corrected chi connectivity index (χ0v) is 17.0. The summed E-state index contributed by atoms with van der Waals surface area (Å²) in [5, 5.41) is 10.7. The molecule has 0 spiro atoms. The number of aliphatic hydroxyl groups is 1. The molecule has 0 saturated heterocycles. The summed E-state index contributed by atoms with van der Waals surface area (Å²) in [6.07, 6.45) is -0.707. The Morgan fingerprint density at radius 2 is 2.00 bits per heavy atom. The molecule has 1 N–H and O–H groups in total. The lowest BCUT2D eigenvalue weighted by atomic mass is 10.1. The Labute approximate surface area is 172 Å². The van der Waals surface area contributed by atoms with Crippen LogP contribution in [0.5, 0.6) is 5.75 Å². The summed E-state index contributed by atoms with van der Waals surface area (Å²) >= 11 is 1.36. The van der Waals surface area contributed by atoms with Gasteiger partial charge in [0.05, 0.1) is 42.8 Å². The van der Waals surface area contributed by atoms with Gasteiger partial charge in [0.15, 0.2) is 5.16 Å². The van der Waals surface area contributed by atoms with E-state index in [2.05, 4.69) is 4.98 Å². The van der Waals surface area contributed by atoms with Crippen LogP contribution in [0.25, 0.3) is 10.9 Å². The van der Waals surface area contributed by atoms with Crippen molar-refractivity contribution in [3.8, 4) is 5.75 Å². The number of ether oxygens (including phenoxy) is 2. The van der Waals surface area contributed by atoms with Crippen LogP contribution in [0, 0.1) is 0 Å². The largest absolute Gasteiger partial charge is 0.493 e. The van der Waals surface area contributed by atoms with Crippen molar-refractivity contribution < 1.29 is 19.4 Å². The van der Waals surface area contributed by atoms with E-state index in [-0.39, 0.29) is 12.1 Å². The van der Waals surface area contributed by atoms with Gasteiger partial charge in [-0.15, -0.1) is 0 Å². The van der Waals surface area contributed by atoms with Gasteiger partial charge in [-0.2, -0.15) is 0 Å². The number of nitrogens with zero attached hydrogens (tertiary/aromatic N) is 2. The Balaban J connectivity index is 1.87. The number of para-hydroxylation sites is 1. The molecule has 0 fully saturated rings. The molecule has 8 heteroatoms. The molecule has 1 heterocycles. The normalized spacial score (nSPS) is 12.0. The number of benzene rings is 2. The molecule has 152 valence electrons. The number of fused-ring (bicyclic) bond motifs is 1. The molecule has 0 radical (unpaired) electrons. The number of carbonyl (C=O) groups excluding carboxylic acids is 1. The Morgan fingerprint density at radius 3 is 2.69 bits per heavy atom. The number of aliphatic hydroxyl groups excluding tert-OH is 1. The number of methoxy groups -OCH3 is 1. The van der Waals surface area contributed by atoms with E-state index in [1.807, 2.05) is 30.3 Å². The quantitative estimate of drug-likeness (QED) is 0.262. The van der Waals surface area contributed by atoms with Gasteiger partial charge in [-0.05, 0) is 37.3 Å². The number of hydrogen-bond acceptors (Lipinski definition) is 7. The summed E-state index contributed by atoms with van der Waals surface area (Å²) in [5.74, 6) is 0.833. The molecule has 0 aliphatic rings. The van der Waals surface area contributed by atoms with Gasteiger partial charge in [-0.25, -0.2) is 9.78 Å². The first-order chi connectivity index (χ1) is 14.0. The van der Waals surface area contributed by atoms with Crippen LogP contribution in [0.4, 0.5) is 0 Å². The van der Waals surface area contributed by atoms with Gasteiger partial charge in [0.1, 0.15) is 5.75 Å². The molecule has 0 saturated carbocycles. The van der Waals surface area contributed by atoms with Crippen molar-refractivity contribution in [1.82, 2.24) is 9.55 Å². The second kappa shape index (κ2) is 9.58. The van der Waals surface area contributed by atoms with Crippen molar-refractivity contribution in [1.29, 1.82) is 0 Å².